The second-order valence-electron chi connectivity index (χ2n) is 3.62. The van der Waals surface area contributed by atoms with Crippen molar-refractivity contribution >= 4 is 39.9 Å². The Morgan fingerprint density at radius 3 is 2.69 bits per heavy atom. The zero-order valence-electron chi connectivity index (χ0n) is 8.63. The van der Waals surface area contributed by atoms with Gasteiger partial charge in [0.15, 0.2) is 0 Å². The lowest BCUT2D eigenvalue weighted by molar-refractivity contribution is -0.116. The van der Waals surface area contributed by atoms with E-state index in [0.29, 0.717) is 16.6 Å². The van der Waals surface area contributed by atoms with E-state index in [1.165, 1.54) is 0 Å². The number of carbonyl (C=O) groups is 1. The minimum atomic E-state index is 0.0863. The van der Waals surface area contributed by atoms with E-state index < -0.39 is 0 Å². The number of nitrogens with zero attached hydrogens (tertiary/aromatic N) is 1. The number of benzene rings is 1. The Kier molecular flexibility index (Phi) is 3.13. The lowest BCUT2D eigenvalue weighted by Crippen LogP contribution is -1.97. The van der Waals surface area contributed by atoms with Crippen LogP contribution >= 0.6 is 23.2 Å². The summed E-state index contributed by atoms with van der Waals surface area (Å²) in [6.07, 6.45) is 0.345. The molecular formula is C12H9Cl2NO. The number of pyridine rings is 1. The minimum absolute atomic E-state index is 0.0863. The van der Waals surface area contributed by atoms with E-state index in [9.17, 15) is 4.79 Å². The highest BCUT2D eigenvalue weighted by molar-refractivity contribution is 6.36. The summed E-state index contributed by atoms with van der Waals surface area (Å²) in [4.78, 5) is 15.2. The molecule has 0 unspecified atom stereocenters. The van der Waals surface area contributed by atoms with Gasteiger partial charge in [0.25, 0.3) is 0 Å². The first-order chi connectivity index (χ1) is 7.58. The van der Waals surface area contributed by atoms with Crippen LogP contribution in [0.4, 0.5) is 0 Å². The van der Waals surface area contributed by atoms with Crippen LogP contribution in [0.1, 0.15) is 12.5 Å². The molecule has 1 aromatic carbocycles. The molecule has 0 saturated carbocycles. The molecule has 0 aliphatic rings. The van der Waals surface area contributed by atoms with Crippen molar-refractivity contribution in [2.45, 2.75) is 13.3 Å². The van der Waals surface area contributed by atoms with Crippen LogP contribution in [0, 0.1) is 0 Å². The molecule has 1 heterocycles. The third-order valence-corrected chi connectivity index (χ3v) is 2.95. The highest BCUT2D eigenvalue weighted by Crippen LogP contribution is 2.27. The van der Waals surface area contributed by atoms with Gasteiger partial charge in [-0.3, -0.25) is 4.79 Å². The van der Waals surface area contributed by atoms with Crippen LogP contribution in [-0.2, 0) is 11.2 Å². The van der Waals surface area contributed by atoms with Gasteiger partial charge in [-0.25, -0.2) is 4.98 Å². The average molecular weight is 254 g/mol. The van der Waals surface area contributed by atoms with Gasteiger partial charge < -0.3 is 0 Å². The van der Waals surface area contributed by atoms with Crippen molar-refractivity contribution in [1.29, 1.82) is 0 Å². The summed E-state index contributed by atoms with van der Waals surface area (Å²) in [5.74, 6) is 0.0863. The van der Waals surface area contributed by atoms with Gasteiger partial charge in [0, 0.05) is 11.8 Å². The fourth-order valence-electron chi connectivity index (χ4n) is 1.59. The lowest BCUT2D eigenvalue weighted by Gasteiger charge is -2.05. The Balaban J connectivity index is 2.60. The molecule has 0 saturated heterocycles. The maximum atomic E-state index is 11.1. The topological polar surface area (TPSA) is 30.0 Å². The maximum absolute atomic E-state index is 11.1. The molecule has 0 radical (unpaired) electrons. The molecule has 2 rings (SSSR count). The number of Topliss-reactive ketones (excluding diaryl/α,β-unsaturated/α-hetero) is 1. The number of hydrogen-bond donors (Lipinski definition) is 0. The van der Waals surface area contributed by atoms with E-state index in [1.807, 2.05) is 18.2 Å². The summed E-state index contributed by atoms with van der Waals surface area (Å²) in [7, 11) is 0. The quantitative estimate of drug-likeness (QED) is 0.765. The normalized spacial score (nSPS) is 10.7. The number of ketones is 1. The van der Waals surface area contributed by atoms with Gasteiger partial charge in [0.2, 0.25) is 0 Å². The van der Waals surface area contributed by atoms with Crippen molar-refractivity contribution in [2.75, 3.05) is 0 Å². The summed E-state index contributed by atoms with van der Waals surface area (Å²) in [5.41, 5.74) is 1.57. The van der Waals surface area contributed by atoms with Crippen molar-refractivity contribution in [3.8, 4) is 0 Å². The standard InChI is InChI=1S/C12H9Cl2NO/c1-7(16)6-8-2-4-10-9(12(8)14)3-5-11(13)15-10/h2-5H,6H2,1H3. The van der Waals surface area contributed by atoms with E-state index in [-0.39, 0.29) is 5.78 Å². The van der Waals surface area contributed by atoms with Gasteiger partial charge >= 0.3 is 0 Å². The lowest BCUT2D eigenvalue weighted by atomic mass is 10.1. The predicted octanol–water partition coefficient (Wildman–Crippen LogP) is 3.67. The van der Waals surface area contributed by atoms with Crippen LogP contribution in [0.25, 0.3) is 10.9 Å². The van der Waals surface area contributed by atoms with Crippen molar-refractivity contribution in [1.82, 2.24) is 4.98 Å². The molecule has 2 nitrogen and oxygen atoms in total. The highest BCUT2D eigenvalue weighted by atomic mass is 35.5. The first-order valence-corrected chi connectivity index (χ1v) is 5.56. The predicted molar refractivity (Wildman–Crippen MR) is 66.1 cm³/mol. The second-order valence-corrected chi connectivity index (χ2v) is 4.38. The average Bonchev–Trinajstić information content (AvgIpc) is 2.22. The number of carbonyl (C=O) groups excluding carboxylic acids is 1. The Labute approximate surface area is 103 Å². The van der Waals surface area contributed by atoms with E-state index >= 15 is 0 Å². The van der Waals surface area contributed by atoms with Gasteiger partial charge in [0.05, 0.1) is 10.5 Å². The van der Waals surface area contributed by atoms with Crippen molar-refractivity contribution in [3.05, 3.63) is 40.0 Å². The second kappa shape index (κ2) is 4.40. The first kappa shape index (κ1) is 11.4. The zero-order chi connectivity index (χ0) is 11.7. The number of fused-ring (bicyclic) bond motifs is 1. The molecule has 0 N–H and O–H groups in total. The molecule has 0 spiro atoms. The largest absolute Gasteiger partial charge is 0.300 e. The van der Waals surface area contributed by atoms with Crippen molar-refractivity contribution in [3.63, 3.8) is 0 Å². The van der Waals surface area contributed by atoms with Crippen molar-refractivity contribution in [2.24, 2.45) is 0 Å². The van der Waals surface area contributed by atoms with E-state index in [1.54, 1.807) is 13.0 Å². The number of halogens is 2. The van der Waals surface area contributed by atoms with Crippen LogP contribution < -0.4 is 0 Å². The highest BCUT2D eigenvalue weighted by Gasteiger charge is 2.08. The molecule has 0 fully saturated rings. The third kappa shape index (κ3) is 2.18. The van der Waals surface area contributed by atoms with Gasteiger partial charge in [-0.2, -0.15) is 0 Å². The molecular weight excluding hydrogens is 245 g/mol. The van der Waals surface area contributed by atoms with Gasteiger partial charge in [-0.1, -0.05) is 29.3 Å². The van der Waals surface area contributed by atoms with Crippen LogP contribution in [0.3, 0.4) is 0 Å². The van der Waals surface area contributed by atoms with Crippen LogP contribution in [-0.4, -0.2) is 10.8 Å². The summed E-state index contributed by atoms with van der Waals surface area (Å²) >= 11 is 12.0. The monoisotopic (exact) mass is 253 g/mol. The van der Waals surface area contributed by atoms with Crippen molar-refractivity contribution < 1.29 is 4.79 Å². The summed E-state index contributed by atoms with van der Waals surface area (Å²) in [6, 6.07) is 7.14. The van der Waals surface area contributed by atoms with Crippen LogP contribution in [0.5, 0.6) is 0 Å². The third-order valence-electron chi connectivity index (χ3n) is 2.29. The molecule has 0 aliphatic heterocycles. The summed E-state index contributed by atoms with van der Waals surface area (Å²) in [6.45, 7) is 1.54. The summed E-state index contributed by atoms with van der Waals surface area (Å²) < 4.78 is 0. The smallest absolute Gasteiger partial charge is 0.134 e. The number of hydrogen-bond acceptors (Lipinski definition) is 2. The molecule has 2 aromatic rings. The van der Waals surface area contributed by atoms with E-state index in [2.05, 4.69) is 4.98 Å². The number of rotatable bonds is 2. The van der Waals surface area contributed by atoms with Gasteiger partial charge in [-0.15, -0.1) is 0 Å². The van der Waals surface area contributed by atoms with Gasteiger partial charge in [-0.05, 0) is 30.7 Å². The molecule has 1 aromatic heterocycles. The summed E-state index contributed by atoms with van der Waals surface area (Å²) in [5, 5.41) is 1.84. The van der Waals surface area contributed by atoms with Crippen LogP contribution in [0.15, 0.2) is 24.3 Å². The van der Waals surface area contributed by atoms with E-state index in [0.717, 1.165) is 16.5 Å². The molecule has 82 valence electrons. The molecule has 16 heavy (non-hydrogen) atoms. The Morgan fingerprint density at radius 1 is 1.25 bits per heavy atom. The fraction of sp³-hybridized carbons (Fsp3) is 0.167. The maximum Gasteiger partial charge on any atom is 0.134 e. The Bertz CT molecular complexity index is 566. The number of aromatic nitrogens is 1. The van der Waals surface area contributed by atoms with Gasteiger partial charge in [0.1, 0.15) is 10.9 Å². The SMILES string of the molecule is CC(=O)Cc1ccc2nc(Cl)ccc2c1Cl. The van der Waals surface area contributed by atoms with E-state index in [4.69, 9.17) is 23.2 Å². The molecule has 0 aliphatic carbocycles. The Morgan fingerprint density at radius 2 is 2.00 bits per heavy atom. The fourth-order valence-corrected chi connectivity index (χ4v) is 2.04. The molecule has 0 bridgehead atoms. The molecule has 4 heteroatoms. The minimum Gasteiger partial charge on any atom is -0.300 e. The first-order valence-electron chi connectivity index (χ1n) is 4.81. The Hall–Kier alpha value is -1.12. The van der Waals surface area contributed by atoms with Crippen LogP contribution in [0.2, 0.25) is 10.2 Å². The zero-order valence-corrected chi connectivity index (χ0v) is 10.1. The molecule has 0 atom stereocenters. The molecule has 0 amide bonds.